The van der Waals surface area contributed by atoms with Gasteiger partial charge in [-0.25, -0.2) is 5.10 Å². The number of aromatic nitrogens is 2. The van der Waals surface area contributed by atoms with Crippen LogP contribution in [-0.2, 0) is 0 Å². The number of nitrogens with one attached hydrogen (secondary N) is 1. The van der Waals surface area contributed by atoms with E-state index in [2.05, 4.69) is 10.2 Å². The van der Waals surface area contributed by atoms with Gasteiger partial charge in [-0.3, -0.25) is 4.79 Å². The van der Waals surface area contributed by atoms with E-state index in [-0.39, 0.29) is 5.56 Å². The van der Waals surface area contributed by atoms with E-state index in [1.807, 2.05) is 49.3 Å². The molecule has 0 amide bonds. The molecule has 4 rings (SSSR count). The monoisotopic (exact) mass is 279 g/mol. The van der Waals surface area contributed by atoms with E-state index in [0.717, 1.165) is 28.1 Å². The molecule has 2 aromatic carbocycles. The Morgan fingerprint density at radius 1 is 1.14 bits per heavy atom. The van der Waals surface area contributed by atoms with Crippen molar-refractivity contribution < 1.29 is 4.74 Å². The average Bonchev–Trinajstić information content (AvgIpc) is 2.49. The van der Waals surface area contributed by atoms with Crippen molar-refractivity contribution in [3.63, 3.8) is 0 Å². The molecule has 0 aliphatic carbocycles. The van der Waals surface area contributed by atoms with E-state index in [4.69, 9.17) is 4.74 Å². The van der Waals surface area contributed by atoms with Crippen LogP contribution in [0.2, 0.25) is 0 Å². The standard InChI is InChI=1S/C16H13N3O2/c1-19(2)9-6-7-12-11(8-9)15-14-10(16(20)18-17-15)4-3-5-13(14)21-12/h3-8H,1-2H3,(H,18,20). The first-order chi connectivity index (χ1) is 10.1. The van der Waals surface area contributed by atoms with Crippen molar-refractivity contribution in [1.29, 1.82) is 0 Å². The smallest absolute Gasteiger partial charge is 0.272 e. The first kappa shape index (κ1) is 12.0. The van der Waals surface area contributed by atoms with Crippen LogP contribution in [-0.4, -0.2) is 24.3 Å². The Morgan fingerprint density at radius 2 is 2.00 bits per heavy atom. The van der Waals surface area contributed by atoms with E-state index in [1.54, 1.807) is 6.07 Å². The summed E-state index contributed by atoms with van der Waals surface area (Å²) in [6.07, 6.45) is 0. The number of hydrogen-bond donors (Lipinski definition) is 1. The molecule has 5 heteroatoms. The Balaban J connectivity index is 2.11. The van der Waals surface area contributed by atoms with Crippen LogP contribution < -0.4 is 15.2 Å². The van der Waals surface area contributed by atoms with Crippen LogP contribution >= 0.6 is 0 Å². The van der Waals surface area contributed by atoms with Gasteiger partial charge in [0.1, 0.15) is 17.2 Å². The molecule has 1 N–H and O–H groups in total. The van der Waals surface area contributed by atoms with Crippen molar-refractivity contribution in [2.75, 3.05) is 19.0 Å². The van der Waals surface area contributed by atoms with Gasteiger partial charge in [0.15, 0.2) is 0 Å². The summed E-state index contributed by atoms with van der Waals surface area (Å²) >= 11 is 0. The molecule has 104 valence electrons. The minimum Gasteiger partial charge on any atom is -0.456 e. The first-order valence-corrected chi connectivity index (χ1v) is 6.66. The molecule has 3 aromatic rings. The fourth-order valence-electron chi connectivity index (χ4n) is 2.66. The van der Waals surface area contributed by atoms with Crippen LogP contribution in [0.5, 0.6) is 11.5 Å². The lowest BCUT2D eigenvalue weighted by molar-refractivity contribution is 0.486. The van der Waals surface area contributed by atoms with Gasteiger partial charge >= 0.3 is 0 Å². The molecule has 0 fully saturated rings. The fourth-order valence-corrected chi connectivity index (χ4v) is 2.66. The summed E-state index contributed by atoms with van der Waals surface area (Å²) < 4.78 is 5.93. The Morgan fingerprint density at radius 3 is 2.81 bits per heavy atom. The molecule has 2 heterocycles. The number of H-pyrrole nitrogens is 1. The summed E-state index contributed by atoms with van der Waals surface area (Å²) in [5, 5.41) is 8.18. The molecule has 0 saturated carbocycles. The van der Waals surface area contributed by atoms with Crippen LogP contribution in [0.3, 0.4) is 0 Å². The van der Waals surface area contributed by atoms with Crippen molar-refractivity contribution in [2.45, 2.75) is 0 Å². The molecule has 0 bridgehead atoms. The second-order valence-electron chi connectivity index (χ2n) is 5.26. The van der Waals surface area contributed by atoms with E-state index < -0.39 is 0 Å². The Hall–Kier alpha value is -2.82. The maximum Gasteiger partial charge on any atom is 0.272 e. The molecule has 0 saturated heterocycles. The molecule has 0 unspecified atom stereocenters. The summed E-state index contributed by atoms with van der Waals surface area (Å²) in [4.78, 5) is 13.9. The number of benzene rings is 2. The number of rotatable bonds is 1. The van der Waals surface area contributed by atoms with Crippen molar-refractivity contribution in [3.8, 4) is 22.8 Å². The lowest BCUT2D eigenvalue weighted by Gasteiger charge is -2.22. The molecule has 5 nitrogen and oxygen atoms in total. The van der Waals surface area contributed by atoms with Gasteiger partial charge in [0, 0.05) is 25.3 Å². The molecule has 0 radical (unpaired) electrons. The summed E-state index contributed by atoms with van der Waals surface area (Å²) in [6.45, 7) is 0. The van der Waals surface area contributed by atoms with E-state index >= 15 is 0 Å². The van der Waals surface area contributed by atoms with Gasteiger partial charge in [0.25, 0.3) is 5.56 Å². The van der Waals surface area contributed by atoms with Gasteiger partial charge in [0.2, 0.25) is 0 Å². The maximum atomic E-state index is 11.9. The third-order valence-corrected chi connectivity index (χ3v) is 3.73. The molecular formula is C16H13N3O2. The lowest BCUT2D eigenvalue weighted by Crippen LogP contribution is -2.13. The van der Waals surface area contributed by atoms with Crippen molar-refractivity contribution in [3.05, 3.63) is 46.8 Å². The van der Waals surface area contributed by atoms with Gasteiger partial charge < -0.3 is 9.64 Å². The topological polar surface area (TPSA) is 58.2 Å². The molecule has 21 heavy (non-hydrogen) atoms. The summed E-state index contributed by atoms with van der Waals surface area (Å²) in [7, 11) is 3.96. The number of fused-ring (bicyclic) bond motifs is 2. The number of nitrogens with zero attached hydrogens (tertiary/aromatic N) is 2. The molecule has 1 aromatic heterocycles. The van der Waals surface area contributed by atoms with Gasteiger partial charge in [-0.05, 0) is 30.3 Å². The molecule has 1 aliphatic rings. The third-order valence-electron chi connectivity index (χ3n) is 3.73. The fraction of sp³-hybridized carbons (Fsp3) is 0.125. The average molecular weight is 279 g/mol. The summed E-state index contributed by atoms with van der Waals surface area (Å²) in [5.74, 6) is 1.42. The Labute approximate surface area is 120 Å². The third kappa shape index (κ3) is 1.64. The summed E-state index contributed by atoms with van der Waals surface area (Å²) in [6, 6.07) is 11.4. The molecule has 0 spiro atoms. The number of aromatic amines is 1. The van der Waals surface area contributed by atoms with Gasteiger partial charge in [-0.15, -0.1) is 0 Å². The zero-order valence-corrected chi connectivity index (χ0v) is 11.7. The highest BCUT2D eigenvalue weighted by Crippen LogP contribution is 2.45. The van der Waals surface area contributed by atoms with Gasteiger partial charge in [-0.2, -0.15) is 5.10 Å². The maximum absolute atomic E-state index is 11.9. The van der Waals surface area contributed by atoms with E-state index in [0.29, 0.717) is 11.1 Å². The highest BCUT2D eigenvalue weighted by Gasteiger charge is 2.23. The van der Waals surface area contributed by atoms with Crippen molar-refractivity contribution in [1.82, 2.24) is 10.2 Å². The zero-order valence-electron chi connectivity index (χ0n) is 11.7. The second-order valence-corrected chi connectivity index (χ2v) is 5.26. The van der Waals surface area contributed by atoms with Gasteiger partial charge in [-0.1, -0.05) is 6.07 Å². The lowest BCUT2D eigenvalue weighted by atomic mass is 10.0. The second kappa shape index (κ2) is 4.09. The van der Waals surface area contributed by atoms with Crippen LogP contribution in [0, 0.1) is 0 Å². The van der Waals surface area contributed by atoms with Crippen molar-refractivity contribution >= 4 is 16.5 Å². The number of ether oxygens (including phenoxy) is 1. The first-order valence-electron chi connectivity index (χ1n) is 6.66. The highest BCUT2D eigenvalue weighted by molar-refractivity contribution is 6.01. The highest BCUT2D eigenvalue weighted by atomic mass is 16.5. The molecular weight excluding hydrogens is 266 g/mol. The molecule has 1 aliphatic heterocycles. The minimum absolute atomic E-state index is 0.202. The summed E-state index contributed by atoms with van der Waals surface area (Å²) in [5.41, 5.74) is 2.50. The predicted molar refractivity (Wildman–Crippen MR) is 82.2 cm³/mol. The predicted octanol–water partition coefficient (Wildman–Crippen LogP) is 2.76. The Kier molecular flexibility index (Phi) is 2.33. The zero-order chi connectivity index (χ0) is 14.6. The normalized spacial score (nSPS) is 11.9. The largest absolute Gasteiger partial charge is 0.456 e. The van der Waals surface area contributed by atoms with E-state index in [9.17, 15) is 4.79 Å². The van der Waals surface area contributed by atoms with Gasteiger partial charge in [0.05, 0.1) is 10.8 Å². The van der Waals surface area contributed by atoms with Crippen LogP contribution in [0.4, 0.5) is 5.69 Å². The number of hydrogen-bond acceptors (Lipinski definition) is 4. The quantitative estimate of drug-likeness (QED) is 0.582. The SMILES string of the molecule is CN(C)c1ccc2c(c1)-c1n[nH]c(=O)c3cccc(c13)O2. The Bertz CT molecular complexity index is 928. The van der Waals surface area contributed by atoms with Crippen LogP contribution in [0.1, 0.15) is 0 Å². The van der Waals surface area contributed by atoms with E-state index in [1.165, 1.54) is 0 Å². The van der Waals surface area contributed by atoms with Crippen LogP contribution in [0.25, 0.3) is 22.0 Å². The van der Waals surface area contributed by atoms with Crippen LogP contribution in [0.15, 0.2) is 41.2 Å². The molecule has 0 atom stereocenters. The minimum atomic E-state index is -0.202. The number of anilines is 1. The van der Waals surface area contributed by atoms with Crippen molar-refractivity contribution in [2.24, 2.45) is 0 Å².